The van der Waals surface area contributed by atoms with Gasteiger partial charge >= 0.3 is 0 Å². The van der Waals surface area contributed by atoms with Gasteiger partial charge in [-0.2, -0.15) is 0 Å². The Balaban J connectivity index is 1.68. The van der Waals surface area contributed by atoms with E-state index in [4.69, 9.17) is 9.15 Å². The zero-order chi connectivity index (χ0) is 16.2. The van der Waals surface area contributed by atoms with E-state index in [1.54, 1.807) is 0 Å². The summed E-state index contributed by atoms with van der Waals surface area (Å²) in [7, 11) is 0. The minimum Gasteiger partial charge on any atom is -0.484 e. The average molecular weight is 376 g/mol. The molecule has 23 heavy (non-hydrogen) atoms. The molecule has 0 radical (unpaired) electrons. The van der Waals surface area contributed by atoms with Gasteiger partial charge in [0.25, 0.3) is 11.6 Å². The number of nitro groups is 1. The number of rotatable bonds is 5. The molecule has 1 aromatic heterocycles. The van der Waals surface area contributed by atoms with Crippen LogP contribution in [0, 0.1) is 10.1 Å². The molecule has 2 aromatic carbocycles. The molecule has 0 N–H and O–H groups in total. The lowest BCUT2D eigenvalue weighted by Crippen LogP contribution is -1.96. The normalized spacial score (nSPS) is 10.5. The Morgan fingerprint density at radius 1 is 1.13 bits per heavy atom. The Morgan fingerprint density at radius 2 is 1.87 bits per heavy atom. The molecule has 1 heterocycles. The zero-order valence-corrected chi connectivity index (χ0v) is 13.3. The van der Waals surface area contributed by atoms with Gasteiger partial charge in [0.2, 0.25) is 5.89 Å². The predicted octanol–water partition coefficient (Wildman–Crippen LogP) is 3.99. The summed E-state index contributed by atoms with van der Waals surface area (Å²) in [6.45, 7) is 0.0786. The van der Waals surface area contributed by atoms with Crippen LogP contribution < -0.4 is 4.74 Å². The lowest BCUT2D eigenvalue weighted by molar-refractivity contribution is -0.384. The standard InChI is InChI=1S/C15H10BrN3O4/c16-13-4-2-1-3-12(13)15-18-17-14(23-15)9-22-11-7-5-10(6-8-11)19(20)21/h1-8H,9H2. The largest absolute Gasteiger partial charge is 0.484 e. The van der Waals surface area contributed by atoms with Crippen molar-refractivity contribution in [1.29, 1.82) is 0 Å². The Hall–Kier alpha value is -2.74. The number of halogens is 1. The smallest absolute Gasteiger partial charge is 0.269 e. The van der Waals surface area contributed by atoms with Crippen molar-refractivity contribution in [2.75, 3.05) is 0 Å². The van der Waals surface area contributed by atoms with Crippen molar-refractivity contribution in [3.63, 3.8) is 0 Å². The van der Waals surface area contributed by atoms with Gasteiger partial charge in [-0.1, -0.05) is 12.1 Å². The van der Waals surface area contributed by atoms with Crippen molar-refractivity contribution in [3.05, 3.63) is 69.0 Å². The summed E-state index contributed by atoms with van der Waals surface area (Å²) in [5.41, 5.74) is 0.799. The predicted molar refractivity (Wildman–Crippen MR) is 84.9 cm³/mol. The molecule has 116 valence electrons. The van der Waals surface area contributed by atoms with E-state index in [-0.39, 0.29) is 12.3 Å². The molecule has 0 aliphatic carbocycles. The zero-order valence-electron chi connectivity index (χ0n) is 11.7. The lowest BCUT2D eigenvalue weighted by atomic mass is 10.2. The molecule has 3 rings (SSSR count). The Morgan fingerprint density at radius 3 is 2.57 bits per heavy atom. The van der Waals surface area contributed by atoms with Gasteiger partial charge in [0.15, 0.2) is 6.61 Å². The second-order valence-corrected chi connectivity index (χ2v) is 5.37. The van der Waals surface area contributed by atoms with Crippen molar-refractivity contribution in [3.8, 4) is 17.2 Å². The summed E-state index contributed by atoms with van der Waals surface area (Å²) in [5, 5.41) is 18.5. The van der Waals surface area contributed by atoms with Gasteiger partial charge in [-0.25, -0.2) is 0 Å². The van der Waals surface area contributed by atoms with Crippen LogP contribution in [0.1, 0.15) is 5.89 Å². The van der Waals surface area contributed by atoms with E-state index in [1.165, 1.54) is 24.3 Å². The van der Waals surface area contributed by atoms with Gasteiger partial charge in [-0.3, -0.25) is 10.1 Å². The maximum atomic E-state index is 10.6. The third-order valence-corrected chi connectivity index (χ3v) is 3.67. The number of hydrogen-bond donors (Lipinski definition) is 0. The summed E-state index contributed by atoms with van der Waals surface area (Å²) in [6.07, 6.45) is 0. The first-order valence-electron chi connectivity index (χ1n) is 6.58. The number of nitro benzene ring substituents is 1. The molecule has 7 nitrogen and oxygen atoms in total. The summed E-state index contributed by atoms with van der Waals surface area (Å²) in [4.78, 5) is 10.1. The number of ether oxygens (including phenoxy) is 1. The highest BCUT2D eigenvalue weighted by Crippen LogP contribution is 2.27. The van der Waals surface area contributed by atoms with Crippen molar-refractivity contribution in [1.82, 2.24) is 10.2 Å². The molecule has 8 heteroatoms. The van der Waals surface area contributed by atoms with Crippen LogP contribution in [0.3, 0.4) is 0 Å². The van der Waals surface area contributed by atoms with Crippen LogP contribution >= 0.6 is 15.9 Å². The van der Waals surface area contributed by atoms with Gasteiger partial charge in [0.1, 0.15) is 5.75 Å². The van der Waals surface area contributed by atoms with E-state index in [9.17, 15) is 10.1 Å². The van der Waals surface area contributed by atoms with Crippen LogP contribution in [0.25, 0.3) is 11.5 Å². The number of non-ortho nitro benzene ring substituents is 1. The van der Waals surface area contributed by atoms with E-state index in [0.717, 1.165) is 10.0 Å². The van der Waals surface area contributed by atoms with E-state index in [1.807, 2.05) is 24.3 Å². The number of hydrogen-bond acceptors (Lipinski definition) is 6. The highest BCUT2D eigenvalue weighted by Gasteiger charge is 2.12. The second-order valence-electron chi connectivity index (χ2n) is 4.52. The molecule has 0 saturated heterocycles. The maximum Gasteiger partial charge on any atom is 0.269 e. The first kappa shape index (κ1) is 15.2. The lowest BCUT2D eigenvalue weighted by Gasteiger charge is -2.02. The average Bonchev–Trinajstić information content (AvgIpc) is 3.02. The van der Waals surface area contributed by atoms with Crippen LogP contribution in [-0.2, 0) is 6.61 Å². The fraction of sp³-hybridized carbons (Fsp3) is 0.0667. The molecule has 0 aliphatic heterocycles. The second kappa shape index (κ2) is 6.57. The molecule has 0 amide bonds. The number of benzene rings is 2. The van der Waals surface area contributed by atoms with Crippen molar-refractivity contribution in [2.24, 2.45) is 0 Å². The first-order chi connectivity index (χ1) is 11.1. The molecule has 0 atom stereocenters. The monoisotopic (exact) mass is 375 g/mol. The molecular weight excluding hydrogens is 366 g/mol. The molecule has 0 saturated carbocycles. The Labute approximate surface area is 139 Å². The first-order valence-corrected chi connectivity index (χ1v) is 7.37. The minimum absolute atomic E-state index is 0.00588. The maximum absolute atomic E-state index is 10.6. The SMILES string of the molecule is O=[N+]([O-])c1ccc(OCc2nnc(-c3ccccc3Br)o2)cc1. The molecule has 0 bridgehead atoms. The van der Waals surface area contributed by atoms with Gasteiger partial charge in [0.05, 0.1) is 10.5 Å². The molecular formula is C15H10BrN3O4. The molecule has 0 fully saturated rings. The van der Waals surface area contributed by atoms with Crippen LogP contribution in [-0.4, -0.2) is 15.1 Å². The quantitative estimate of drug-likeness (QED) is 0.494. The molecule has 3 aromatic rings. The highest BCUT2D eigenvalue weighted by molar-refractivity contribution is 9.10. The van der Waals surface area contributed by atoms with E-state index >= 15 is 0 Å². The third-order valence-electron chi connectivity index (χ3n) is 2.98. The number of nitrogens with zero attached hydrogens (tertiary/aromatic N) is 3. The van der Waals surface area contributed by atoms with Gasteiger partial charge in [-0.05, 0) is 40.2 Å². The fourth-order valence-corrected chi connectivity index (χ4v) is 2.32. The number of aromatic nitrogens is 2. The van der Waals surface area contributed by atoms with Crippen LogP contribution in [0.4, 0.5) is 5.69 Å². The van der Waals surface area contributed by atoms with Gasteiger partial charge < -0.3 is 9.15 Å². The van der Waals surface area contributed by atoms with Crippen molar-refractivity contribution < 1.29 is 14.1 Å². The van der Waals surface area contributed by atoms with Crippen LogP contribution in [0.2, 0.25) is 0 Å². The van der Waals surface area contributed by atoms with Crippen LogP contribution in [0.5, 0.6) is 5.75 Å². The highest BCUT2D eigenvalue weighted by atomic mass is 79.9. The topological polar surface area (TPSA) is 91.3 Å². The Kier molecular flexibility index (Phi) is 4.33. The summed E-state index contributed by atoms with van der Waals surface area (Å²) < 4.78 is 11.9. The molecule has 0 unspecified atom stereocenters. The van der Waals surface area contributed by atoms with E-state index in [0.29, 0.717) is 17.5 Å². The molecule has 0 spiro atoms. The van der Waals surface area contributed by atoms with Gasteiger partial charge in [0, 0.05) is 16.6 Å². The summed E-state index contributed by atoms with van der Waals surface area (Å²) >= 11 is 3.42. The van der Waals surface area contributed by atoms with Crippen molar-refractivity contribution >= 4 is 21.6 Å². The van der Waals surface area contributed by atoms with E-state index < -0.39 is 4.92 Å². The molecule has 0 aliphatic rings. The summed E-state index contributed by atoms with van der Waals surface area (Å²) in [5.74, 6) is 1.19. The third kappa shape index (κ3) is 3.54. The fourth-order valence-electron chi connectivity index (χ4n) is 1.86. The van der Waals surface area contributed by atoms with Crippen molar-refractivity contribution in [2.45, 2.75) is 6.61 Å². The van der Waals surface area contributed by atoms with Crippen LogP contribution in [0.15, 0.2) is 57.4 Å². The Bertz CT molecular complexity index is 833. The van der Waals surface area contributed by atoms with Gasteiger partial charge in [-0.15, -0.1) is 10.2 Å². The summed E-state index contributed by atoms with van der Waals surface area (Å²) in [6, 6.07) is 13.3. The van der Waals surface area contributed by atoms with E-state index in [2.05, 4.69) is 26.1 Å². The minimum atomic E-state index is -0.466.